The molecule has 6 N–H and O–H groups in total. The molecular formula is C15H23N7O3. The average molecular weight is 349 g/mol. The van der Waals surface area contributed by atoms with Gasteiger partial charge in [0, 0.05) is 19.6 Å². The molecule has 0 spiro atoms. The number of aliphatic hydroxyl groups excluding tert-OH is 2. The van der Waals surface area contributed by atoms with E-state index >= 15 is 0 Å². The normalized spacial score (nSPS) is 26.6. The van der Waals surface area contributed by atoms with E-state index in [9.17, 15) is 10.2 Å². The van der Waals surface area contributed by atoms with Gasteiger partial charge in [-0.2, -0.15) is 0 Å². The van der Waals surface area contributed by atoms with Crippen molar-refractivity contribution >= 4 is 17.0 Å². The summed E-state index contributed by atoms with van der Waals surface area (Å²) in [6, 6.07) is 0. The molecule has 10 nitrogen and oxygen atoms in total. The lowest BCUT2D eigenvalue weighted by molar-refractivity contribution is -0.0416. The highest BCUT2D eigenvalue weighted by Gasteiger charge is 2.44. The molecule has 0 saturated carbocycles. The molecule has 0 radical (unpaired) electrons. The van der Waals surface area contributed by atoms with E-state index in [1.165, 1.54) is 12.7 Å². The van der Waals surface area contributed by atoms with Gasteiger partial charge in [-0.05, 0) is 12.6 Å². The third-order valence-electron chi connectivity index (χ3n) is 4.27. The van der Waals surface area contributed by atoms with Gasteiger partial charge < -0.3 is 26.4 Å². The number of aromatic nitrogens is 4. The van der Waals surface area contributed by atoms with Crippen molar-refractivity contribution in [2.24, 2.45) is 5.73 Å². The first-order valence-corrected chi connectivity index (χ1v) is 7.92. The van der Waals surface area contributed by atoms with Crippen LogP contribution in [0, 0.1) is 0 Å². The number of nitrogen functional groups attached to an aromatic ring is 1. The lowest BCUT2D eigenvalue weighted by atomic mass is 10.1. The Morgan fingerprint density at radius 2 is 2.12 bits per heavy atom. The highest BCUT2D eigenvalue weighted by molar-refractivity contribution is 5.81. The highest BCUT2D eigenvalue weighted by atomic mass is 16.6. The van der Waals surface area contributed by atoms with E-state index in [2.05, 4.69) is 21.5 Å². The lowest BCUT2D eigenvalue weighted by Gasteiger charge is -2.23. The minimum Gasteiger partial charge on any atom is -0.387 e. The average Bonchev–Trinajstić information content (AvgIpc) is 3.12. The van der Waals surface area contributed by atoms with Gasteiger partial charge in [0.2, 0.25) is 0 Å². The zero-order valence-corrected chi connectivity index (χ0v) is 14.0. The minimum atomic E-state index is -1.12. The van der Waals surface area contributed by atoms with E-state index < -0.39 is 24.5 Å². The molecule has 0 aliphatic carbocycles. The molecule has 1 aliphatic rings. The van der Waals surface area contributed by atoms with Gasteiger partial charge in [-0.3, -0.25) is 9.47 Å². The van der Waals surface area contributed by atoms with E-state index in [4.69, 9.17) is 16.2 Å². The zero-order chi connectivity index (χ0) is 18.1. The number of imidazole rings is 1. The predicted molar refractivity (Wildman–Crippen MR) is 91.4 cm³/mol. The van der Waals surface area contributed by atoms with E-state index in [0.717, 1.165) is 5.57 Å². The number of rotatable bonds is 6. The molecule has 1 aliphatic heterocycles. The number of nitrogens with two attached hydrogens (primary N) is 2. The molecule has 3 heterocycles. The number of ether oxygens (including phenoxy) is 1. The Balaban J connectivity index is 1.77. The Kier molecular flexibility index (Phi) is 4.97. The molecule has 2 aromatic heterocycles. The van der Waals surface area contributed by atoms with E-state index in [1.54, 1.807) is 4.57 Å². The number of likely N-dealkylation sites (N-methyl/N-ethyl adjacent to an activating group) is 1. The topological polar surface area (TPSA) is 149 Å². The highest BCUT2D eigenvalue weighted by Crippen LogP contribution is 2.32. The van der Waals surface area contributed by atoms with E-state index in [1.807, 2.05) is 11.9 Å². The quantitative estimate of drug-likeness (QED) is 0.456. The Hall–Kier alpha value is -2.11. The van der Waals surface area contributed by atoms with Crippen molar-refractivity contribution in [1.29, 1.82) is 0 Å². The second-order valence-corrected chi connectivity index (χ2v) is 6.28. The van der Waals surface area contributed by atoms with Gasteiger partial charge in [-0.25, -0.2) is 15.0 Å². The molecule has 0 aromatic carbocycles. The van der Waals surface area contributed by atoms with Crippen LogP contribution in [0.15, 0.2) is 24.8 Å². The molecule has 2 aromatic rings. The Labute approximate surface area is 144 Å². The van der Waals surface area contributed by atoms with Crippen LogP contribution in [-0.4, -0.2) is 79.6 Å². The second-order valence-electron chi connectivity index (χ2n) is 6.28. The molecule has 25 heavy (non-hydrogen) atoms. The van der Waals surface area contributed by atoms with Crippen LogP contribution in [0.2, 0.25) is 0 Å². The lowest BCUT2D eigenvalue weighted by Crippen LogP contribution is -2.39. The van der Waals surface area contributed by atoms with Crippen molar-refractivity contribution in [3.05, 3.63) is 24.8 Å². The largest absolute Gasteiger partial charge is 0.387 e. The molecule has 1 fully saturated rings. The Morgan fingerprint density at radius 1 is 1.36 bits per heavy atom. The fraction of sp³-hybridized carbons (Fsp3) is 0.533. The third kappa shape index (κ3) is 3.34. The van der Waals surface area contributed by atoms with Gasteiger partial charge in [-0.1, -0.05) is 6.58 Å². The molecule has 1 saturated heterocycles. The summed E-state index contributed by atoms with van der Waals surface area (Å²) in [6.07, 6.45) is -0.770. The summed E-state index contributed by atoms with van der Waals surface area (Å²) in [4.78, 5) is 14.1. The van der Waals surface area contributed by atoms with Crippen LogP contribution in [-0.2, 0) is 4.74 Å². The predicted octanol–water partition coefficient (Wildman–Crippen LogP) is -1.53. The number of anilines is 1. The fourth-order valence-corrected chi connectivity index (χ4v) is 2.98. The van der Waals surface area contributed by atoms with Crippen molar-refractivity contribution in [3.8, 4) is 0 Å². The molecule has 2 unspecified atom stereocenters. The first kappa shape index (κ1) is 17.7. The summed E-state index contributed by atoms with van der Waals surface area (Å²) in [5, 5.41) is 20.8. The number of hydrogen-bond acceptors (Lipinski definition) is 9. The molecule has 0 bridgehead atoms. The summed E-state index contributed by atoms with van der Waals surface area (Å²) >= 11 is 0. The molecule has 10 heteroatoms. The van der Waals surface area contributed by atoms with Crippen molar-refractivity contribution in [2.75, 3.05) is 32.4 Å². The van der Waals surface area contributed by atoms with Crippen LogP contribution < -0.4 is 11.5 Å². The van der Waals surface area contributed by atoms with Crippen LogP contribution in [0.25, 0.3) is 11.2 Å². The van der Waals surface area contributed by atoms with Crippen molar-refractivity contribution in [3.63, 3.8) is 0 Å². The first-order chi connectivity index (χ1) is 11.9. The third-order valence-corrected chi connectivity index (χ3v) is 4.27. The molecule has 3 rings (SSSR count). The molecular weight excluding hydrogens is 326 g/mol. The van der Waals surface area contributed by atoms with Gasteiger partial charge in [0.15, 0.2) is 17.7 Å². The van der Waals surface area contributed by atoms with Gasteiger partial charge in [0.05, 0.1) is 6.33 Å². The summed E-state index contributed by atoms with van der Waals surface area (Å²) in [6.45, 7) is 5.26. The number of fused-ring (bicyclic) bond motifs is 1. The van der Waals surface area contributed by atoms with E-state index in [0.29, 0.717) is 30.8 Å². The first-order valence-electron chi connectivity index (χ1n) is 7.92. The Bertz CT molecular complexity index is 765. The summed E-state index contributed by atoms with van der Waals surface area (Å²) in [7, 11) is 1.87. The van der Waals surface area contributed by atoms with Gasteiger partial charge in [-0.15, -0.1) is 0 Å². The standard InChI is InChI=1S/C15H23N7O3/c1-8(3-16)4-21(2)5-9-11(23)12(24)15(25-9)22-7-20-10-13(17)18-6-19-14(10)22/h6-7,9,11-12,15,23-24H,1,3-5,16H2,2H3,(H2,17,18,19)/t9-,11?,12?,15-/m1/s1. The van der Waals surface area contributed by atoms with Crippen molar-refractivity contribution < 1.29 is 14.9 Å². The fourth-order valence-electron chi connectivity index (χ4n) is 2.98. The Morgan fingerprint density at radius 3 is 2.84 bits per heavy atom. The maximum Gasteiger partial charge on any atom is 0.167 e. The number of nitrogens with zero attached hydrogens (tertiary/aromatic N) is 5. The van der Waals surface area contributed by atoms with Crippen LogP contribution in [0.5, 0.6) is 0 Å². The summed E-state index contributed by atoms with van der Waals surface area (Å²) < 4.78 is 7.44. The summed E-state index contributed by atoms with van der Waals surface area (Å²) in [5.74, 6) is 0.244. The smallest absolute Gasteiger partial charge is 0.167 e. The number of aliphatic hydroxyl groups is 2. The van der Waals surface area contributed by atoms with Gasteiger partial charge in [0.1, 0.15) is 30.2 Å². The van der Waals surface area contributed by atoms with Crippen LogP contribution in [0.3, 0.4) is 0 Å². The van der Waals surface area contributed by atoms with Crippen LogP contribution >= 0.6 is 0 Å². The van der Waals surface area contributed by atoms with Crippen LogP contribution in [0.1, 0.15) is 6.23 Å². The SMILES string of the molecule is C=C(CN)CN(C)C[C@H]1O[C@@H](n2cnc3c(N)ncnc32)C(O)C1O. The van der Waals surface area contributed by atoms with Crippen LogP contribution in [0.4, 0.5) is 5.82 Å². The van der Waals surface area contributed by atoms with E-state index in [-0.39, 0.29) is 5.82 Å². The molecule has 136 valence electrons. The monoisotopic (exact) mass is 349 g/mol. The van der Waals surface area contributed by atoms with Gasteiger partial charge in [0.25, 0.3) is 0 Å². The van der Waals surface area contributed by atoms with Crippen molar-refractivity contribution in [2.45, 2.75) is 24.5 Å². The zero-order valence-electron chi connectivity index (χ0n) is 14.0. The molecule has 0 amide bonds. The maximum absolute atomic E-state index is 10.4. The maximum atomic E-state index is 10.4. The van der Waals surface area contributed by atoms with Crippen molar-refractivity contribution in [1.82, 2.24) is 24.4 Å². The van der Waals surface area contributed by atoms with Gasteiger partial charge >= 0.3 is 0 Å². The molecule has 4 atom stereocenters. The summed E-state index contributed by atoms with van der Waals surface area (Å²) in [5.41, 5.74) is 13.1. The second kappa shape index (κ2) is 7.02. The number of hydrogen-bond donors (Lipinski definition) is 4. The minimum absolute atomic E-state index is 0.244.